The first kappa shape index (κ1) is 16.8. The smallest absolute Gasteiger partial charge is 0.325 e. The van der Waals surface area contributed by atoms with E-state index in [0.29, 0.717) is 11.3 Å². The zero-order valence-electron chi connectivity index (χ0n) is 14.4. The number of nitrogens with zero attached hydrogens (tertiary/aromatic N) is 1. The van der Waals surface area contributed by atoms with Gasteiger partial charge in [0.1, 0.15) is 6.04 Å². The number of anilines is 1. The van der Waals surface area contributed by atoms with Crippen LogP contribution in [-0.4, -0.2) is 27.8 Å². The summed E-state index contributed by atoms with van der Waals surface area (Å²) >= 11 is 0. The summed E-state index contributed by atoms with van der Waals surface area (Å²) < 4.78 is 0. The molecule has 2 heterocycles. The number of aromatic nitrogens is 2. The Bertz CT molecular complexity index is 1190. The molecule has 0 unspecified atom stereocenters. The monoisotopic (exact) mass is 364 g/mol. The van der Waals surface area contributed by atoms with Crippen LogP contribution in [0.5, 0.6) is 0 Å². The van der Waals surface area contributed by atoms with Crippen LogP contribution >= 0.6 is 0 Å². The fraction of sp³-hybridized carbons (Fsp3) is 0.158. The highest BCUT2D eigenvalue weighted by molar-refractivity contribution is 6.26. The average Bonchev–Trinajstić information content (AvgIpc) is 2.94. The van der Waals surface area contributed by atoms with Gasteiger partial charge in [0.15, 0.2) is 0 Å². The first-order chi connectivity index (χ1) is 13.0. The molecule has 1 aliphatic heterocycles. The predicted molar refractivity (Wildman–Crippen MR) is 99.7 cm³/mol. The quantitative estimate of drug-likeness (QED) is 0.637. The van der Waals surface area contributed by atoms with Crippen molar-refractivity contribution in [3.8, 4) is 0 Å². The Morgan fingerprint density at radius 2 is 1.89 bits per heavy atom. The third kappa shape index (κ3) is 2.71. The van der Waals surface area contributed by atoms with Crippen molar-refractivity contribution in [3.05, 3.63) is 74.6 Å². The molecule has 2 amide bonds. The number of hydrogen-bond acceptors (Lipinski definition) is 4. The third-order valence-corrected chi connectivity index (χ3v) is 4.71. The molecule has 0 saturated carbocycles. The number of aromatic amines is 2. The second-order valence-corrected chi connectivity index (χ2v) is 6.35. The second-order valence-electron chi connectivity index (χ2n) is 6.35. The van der Waals surface area contributed by atoms with Crippen molar-refractivity contribution in [2.75, 3.05) is 4.90 Å². The maximum absolute atomic E-state index is 12.8. The van der Waals surface area contributed by atoms with Crippen LogP contribution in [0.1, 0.15) is 22.8 Å². The summed E-state index contributed by atoms with van der Waals surface area (Å²) in [5.41, 5.74) is 0.295. The maximum Gasteiger partial charge on any atom is 0.325 e. The fourth-order valence-corrected chi connectivity index (χ4v) is 3.34. The highest BCUT2D eigenvalue weighted by atomic mass is 16.2. The Morgan fingerprint density at radius 1 is 1.15 bits per heavy atom. The highest BCUT2D eigenvalue weighted by Crippen LogP contribution is 2.38. The molecule has 0 bridgehead atoms. The predicted octanol–water partition coefficient (Wildman–Crippen LogP) is 0.882. The van der Waals surface area contributed by atoms with Gasteiger partial charge in [0.05, 0.1) is 11.3 Å². The van der Waals surface area contributed by atoms with Gasteiger partial charge in [-0.25, -0.2) is 4.79 Å². The number of hydrogen-bond donors (Lipinski definition) is 3. The topological polar surface area (TPSA) is 115 Å². The summed E-state index contributed by atoms with van der Waals surface area (Å²) in [4.78, 5) is 54.1. The Labute approximate surface area is 152 Å². The van der Waals surface area contributed by atoms with Crippen molar-refractivity contribution in [2.24, 2.45) is 0 Å². The lowest BCUT2D eigenvalue weighted by atomic mass is 10.1. The van der Waals surface area contributed by atoms with Gasteiger partial charge in [-0.05, 0) is 24.4 Å². The minimum atomic E-state index is -0.766. The van der Waals surface area contributed by atoms with Crippen LogP contribution in [0.25, 0.3) is 10.8 Å². The molecule has 0 radical (unpaired) electrons. The van der Waals surface area contributed by atoms with Crippen LogP contribution < -0.4 is 21.5 Å². The molecule has 8 nitrogen and oxygen atoms in total. The molecule has 0 aliphatic carbocycles. The van der Waals surface area contributed by atoms with E-state index in [9.17, 15) is 19.2 Å². The summed E-state index contributed by atoms with van der Waals surface area (Å²) in [5.74, 6) is -0.634. The number of amides is 2. The summed E-state index contributed by atoms with van der Waals surface area (Å²) in [6.07, 6.45) is 1.25. The zero-order chi connectivity index (χ0) is 19.1. The molecule has 27 heavy (non-hydrogen) atoms. The van der Waals surface area contributed by atoms with Crippen LogP contribution in [0.2, 0.25) is 0 Å². The van der Waals surface area contributed by atoms with Gasteiger partial charge in [-0.1, -0.05) is 24.3 Å². The van der Waals surface area contributed by atoms with E-state index in [2.05, 4.69) is 15.3 Å². The molecule has 4 rings (SSSR count). The molecule has 1 aliphatic rings. The lowest BCUT2D eigenvalue weighted by Gasteiger charge is -2.24. The standard InChI is InChI=1S/C19H16N4O4/c1-10(16(24)20-8-12-9-21-19(27)22-17(12)25)23-14-7-3-5-11-4-2-6-13(15(11)14)18(23)26/h2-7,9-10H,8H2,1H3,(H,20,24)(H2,21,22,25,27)/t10-/m0/s1. The van der Waals surface area contributed by atoms with Crippen LogP contribution in [-0.2, 0) is 11.3 Å². The minimum Gasteiger partial charge on any atom is -0.350 e. The van der Waals surface area contributed by atoms with E-state index in [1.807, 2.05) is 30.3 Å². The van der Waals surface area contributed by atoms with Crippen molar-refractivity contribution in [1.29, 1.82) is 0 Å². The molecule has 3 aromatic rings. The molecule has 1 aromatic heterocycles. The van der Waals surface area contributed by atoms with E-state index in [4.69, 9.17) is 0 Å². The van der Waals surface area contributed by atoms with Crippen molar-refractivity contribution in [2.45, 2.75) is 19.5 Å². The molecule has 2 aromatic carbocycles. The van der Waals surface area contributed by atoms with Crippen LogP contribution in [0.3, 0.4) is 0 Å². The molecule has 0 fully saturated rings. The van der Waals surface area contributed by atoms with E-state index in [1.165, 1.54) is 11.1 Å². The molecule has 8 heteroatoms. The Kier molecular flexibility index (Phi) is 3.88. The lowest BCUT2D eigenvalue weighted by molar-refractivity contribution is -0.122. The summed E-state index contributed by atoms with van der Waals surface area (Å²) in [7, 11) is 0. The largest absolute Gasteiger partial charge is 0.350 e. The van der Waals surface area contributed by atoms with E-state index in [0.717, 1.165) is 10.8 Å². The van der Waals surface area contributed by atoms with Gasteiger partial charge in [0.2, 0.25) is 5.91 Å². The lowest BCUT2D eigenvalue weighted by Crippen LogP contribution is -2.47. The van der Waals surface area contributed by atoms with Crippen molar-refractivity contribution in [1.82, 2.24) is 15.3 Å². The van der Waals surface area contributed by atoms with Crippen molar-refractivity contribution < 1.29 is 9.59 Å². The molecule has 3 N–H and O–H groups in total. The van der Waals surface area contributed by atoms with Crippen LogP contribution in [0, 0.1) is 0 Å². The number of benzene rings is 2. The average molecular weight is 364 g/mol. The summed E-state index contributed by atoms with van der Waals surface area (Å²) in [5, 5.41) is 4.41. The van der Waals surface area contributed by atoms with Crippen LogP contribution in [0.4, 0.5) is 5.69 Å². The number of carbonyl (C=O) groups excluding carboxylic acids is 2. The third-order valence-electron chi connectivity index (χ3n) is 4.71. The molecule has 0 spiro atoms. The Balaban J connectivity index is 1.58. The Morgan fingerprint density at radius 3 is 2.63 bits per heavy atom. The highest BCUT2D eigenvalue weighted by Gasteiger charge is 2.35. The first-order valence-electron chi connectivity index (χ1n) is 8.41. The molecule has 136 valence electrons. The van der Waals surface area contributed by atoms with Gasteiger partial charge >= 0.3 is 5.69 Å². The number of carbonyl (C=O) groups is 2. The molecule has 0 saturated heterocycles. The zero-order valence-corrected chi connectivity index (χ0v) is 14.4. The van der Waals surface area contributed by atoms with Gasteiger partial charge in [0.25, 0.3) is 11.5 Å². The van der Waals surface area contributed by atoms with Crippen LogP contribution in [0.15, 0.2) is 52.2 Å². The summed E-state index contributed by atoms with van der Waals surface area (Å²) in [6, 6.07) is 10.3. The second kappa shape index (κ2) is 6.24. The number of H-pyrrole nitrogens is 2. The van der Waals surface area contributed by atoms with Gasteiger partial charge in [-0.15, -0.1) is 0 Å². The number of rotatable bonds is 4. The first-order valence-corrected chi connectivity index (χ1v) is 8.41. The van der Waals surface area contributed by atoms with Gasteiger partial charge in [0, 0.05) is 23.7 Å². The Hall–Kier alpha value is -3.68. The van der Waals surface area contributed by atoms with E-state index in [1.54, 1.807) is 13.0 Å². The normalized spacial score (nSPS) is 13.8. The van der Waals surface area contributed by atoms with Gasteiger partial charge in [-0.3, -0.25) is 24.3 Å². The van der Waals surface area contributed by atoms with E-state index < -0.39 is 23.2 Å². The molecular weight excluding hydrogens is 348 g/mol. The van der Waals surface area contributed by atoms with Crippen molar-refractivity contribution >= 4 is 28.3 Å². The molecular formula is C19H16N4O4. The fourth-order valence-electron chi connectivity index (χ4n) is 3.34. The summed E-state index contributed by atoms with van der Waals surface area (Å²) in [6.45, 7) is 1.57. The van der Waals surface area contributed by atoms with Gasteiger partial charge < -0.3 is 10.3 Å². The van der Waals surface area contributed by atoms with E-state index in [-0.39, 0.29) is 18.0 Å². The van der Waals surface area contributed by atoms with E-state index >= 15 is 0 Å². The van der Waals surface area contributed by atoms with Gasteiger partial charge in [-0.2, -0.15) is 0 Å². The van der Waals surface area contributed by atoms with Crippen molar-refractivity contribution in [3.63, 3.8) is 0 Å². The minimum absolute atomic E-state index is 0.0610. The maximum atomic E-state index is 12.8. The number of nitrogens with one attached hydrogen (secondary N) is 3. The molecule has 1 atom stereocenters. The SMILES string of the molecule is C[C@@H](C(=O)NCc1c[nH]c(=O)[nH]c1=O)N1C(=O)c2cccc3cccc1c23.